The highest BCUT2D eigenvalue weighted by Gasteiger charge is 2.55. The monoisotopic (exact) mass is 219 g/mol. The Morgan fingerprint density at radius 1 is 1.25 bits per heavy atom. The molecular weight excluding hydrogens is 198 g/mol. The number of hydrogen-bond acceptors (Lipinski definition) is 2. The molecule has 1 aliphatic carbocycles. The van der Waals surface area contributed by atoms with E-state index < -0.39 is 0 Å². The summed E-state index contributed by atoms with van der Waals surface area (Å²) in [6, 6.07) is 0. The molecule has 0 amide bonds. The third-order valence-corrected chi connectivity index (χ3v) is 4.38. The van der Waals surface area contributed by atoms with Crippen LogP contribution in [0, 0.1) is 11.8 Å². The fourth-order valence-electron chi connectivity index (χ4n) is 3.55. The Kier molecular flexibility index (Phi) is 2.32. The normalized spacial score (nSPS) is 31.8. The van der Waals surface area contributed by atoms with Gasteiger partial charge in [0, 0.05) is 18.3 Å². The summed E-state index contributed by atoms with van der Waals surface area (Å²) in [4.78, 5) is 0. The molecule has 1 saturated carbocycles. The number of nitrogens with one attached hydrogen (secondary N) is 1. The lowest BCUT2D eigenvalue weighted by Gasteiger charge is -2.07. The maximum Gasteiger partial charge on any atom is 0.0659 e. The van der Waals surface area contributed by atoms with Crippen molar-refractivity contribution in [1.29, 1.82) is 0 Å². The van der Waals surface area contributed by atoms with Crippen LogP contribution in [0.4, 0.5) is 0 Å². The molecule has 1 N–H and O–H groups in total. The molecule has 1 aromatic rings. The van der Waals surface area contributed by atoms with Gasteiger partial charge in [-0.05, 0) is 43.7 Å². The fourth-order valence-corrected chi connectivity index (χ4v) is 3.55. The molecule has 88 valence electrons. The van der Waals surface area contributed by atoms with Gasteiger partial charge in [0.1, 0.15) is 0 Å². The molecular formula is C13H21N3. The van der Waals surface area contributed by atoms with Gasteiger partial charge in [-0.2, -0.15) is 5.10 Å². The van der Waals surface area contributed by atoms with E-state index in [0.717, 1.165) is 30.6 Å². The number of hydrogen-bond donors (Lipinski definition) is 1. The van der Waals surface area contributed by atoms with Crippen LogP contribution in [0.3, 0.4) is 0 Å². The van der Waals surface area contributed by atoms with E-state index >= 15 is 0 Å². The molecule has 3 heteroatoms. The first-order valence-corrected chi connectivity index (χ1v) is 6.53. The summed E-state index contributed by atoms with van der Waals surface area (Å²) >= 11 is 0. The molecule has 2 fully saturated rings. The lowest BCUT2D eigenvalue weighted by atomic mass is 10.0. The van der Waals surface area contributed by atoms with Crippen molar-refractivity contribution in [3.63, 3.8) is 0 Å². The summed E-state index contributed by atoms with van der Waals surface area (Å²) in [5.41, 5.74) is 4.42. The highest BCUT2D eigenvalue weighted by Crippen LogP contribution is 2.57. The Balaban J connectivity index is 1.99. The van der Waals surface area contributed by atoms with Crippen LogP contribution in [0.1, 0.15) is 36.7 Å². The summed E-state index contributed by atoms with van der Waals surface area (Å²) in [6.07, 6.45) is 2.19. The molecule has 3 rings (SSSR count). The van der Waals surface area contributed by atoms with Crippen LogP contribution >= 0.6 is 0 Å². The van der Waals surface area contributed by atoms with E-state index in [9.17, 15) is 0 Å². The summed E-state index contributed by atoms with van der Waals surface area (Å²) in [5, 5.41) is 8.16. The van der Waals surface area contributed by atoms with Crippen LogP contribution in [-0.4, -0.2) is 22.9 Å². The van der Waals surface area contributed by atoms with Crippen LogP contribution < -0.4 is 5.32 Å². The van der Waals surface area contributed by atoms with Crippen molar-refractivity contribution in [1.82, 2.24) is 15.1 Å². The molecule has 1 saturated heterocycles. The van der Waals surface area contributed by atoms with Crippen molar-refractivity contribution >= 4 is 0 Å². The first-order valence-electron chi connectivity index (χ1n) is 6.53. The lowest BCUT2D eigenvalue weighted by Crippen LogP contribution is -2.15. The predicted molar refractivity (Wildman–Crippen MR) is 64.6 cm³/mol. The van der Waals surface area contributed by atoms with Gasteiger partial charge < -0.3 is 5.32 Å². The minimum atomic E-state index is 0.819. The van der Waals surface area contributed by atoms with Gasteiger partial charge in [0.05, 0.1) is 5.69 Å². The number of aromatic nitrogens is 2. The number of fused-ring (bicyclic) bond motifs is 1. The van der Waals surface area contributed by atoms with Crippen molar-refractivity contribution in [3.05, 3.63) is 17.0 Å². The molecule has 3 atom stereocenters. The quantitative estimate of drug-likeness (QED) is 0.834. The van der Waals surface area contributed by atoms with E-state index in [0.29, 0.717) is 0 Å². The topological polar surface area (TPSA) is 29.9 Å². The maximum atomic E-state index is 4.68. The molecule has 0 bridgehead atoms. The van der Waals surface area contributed by atoms with Crippen molar-refractivity contribution in [3.8, 4) is 0 Å². The van der Waals surface area contributed by atoms with Crippen LogP contribution in [0.25, 0.3) is 0 Å². The van der Waals surface area contributed by atoms with Gasteiger partial charge in [-0.25, -0.2) is 0 Å². The van der Waals surface area contributed by atoms with E-state index in [1.807, 2.05) is 0 Å². The van der Waals surface area contributed by atoms with E-state index in [2.05, 4.69) is 36.0 Å². The second-order valence-corrected chi connectivity index (χ2v) is 5.15. The van der Waals surface area contributed by atoms with Crippen LogP contribution in [0.2, 0.25) is 0 Å². The largest absolute Gasteiger partial charge is 0.316 e. The molecule has 0 radical (unpaired) electrons. The van der Waals surface area contributed by atoms with Gasteiger partial charge in [-0.1, -0.05) is 13.8 Å². The first-order chi connectivity index (χ1) is 7.77. The summed E-state index contributed by atoms with van der Waals surface area (Å²) in [6.45, 7) is 6.91. The van der Waals surface area contributed by atoms with Gasteiger partial charge >= 0.3 is 0 Å². The Bertz CT molecular complexity index is 398. The molecule has 0 aromatic carbocycles. The van der Waals surface area contributed by atoms with Gasteiger partial charge in [0.25, 0.3) is 0 Å². The van der Waals surface area contributed by atoms with Gasteiger partial charge in [-0.15, -0.1) is 0 Å². The zero-order valence-corrected chi connectivity index (χ0v) is 10.5. The molecule has 2 aliphatic rings. The average Bonchev–Trinajstić information content (AvgIpc) is 2.66. The second-order valence-electron chi connectivity index (χ2n) is 5.15. The second kappa shape index (κ2) is 3.59. The molecule has 1 aliphatic heterocycles. The minimum Gasteiger partial charge on any atom is -0.316 e. The molecule has 2 heterocycles. The highest BCUT2D eigenvalue weighted by atomic mass is 15.3. The van der Waals surface area contributed by atoms with Crippen molar-refractivity contribution in [2.45, 2.75) is 32.6 Å². The number of aryl methyl sites for hydroxylation is 2. The Labute approximate surface area is 97.2 Å². The van der Waals surface area contributed by atoms with E-state index in [1.54, 1.807) is 5.56 Å². The van der Waals surface area contributed by atoms with Crippen LogP contribution in [-0.2, 0) is 19.9 Å². The molecule has 16 heavy (non-hydrogen) atoms. The number of rotatable bonds is 3. The van der Waals surface area contributed by atoms with Crippen molar-refractivity contribution in [2.24, 2.45) is 18.9 Å². The highest BCUT2D eigenvalue weighted by molar-refractivity contribution is 5.38. The van der Waals surface area contributed by atoms with E-state index in [1.165, 1.54) is 24.5 Å². The zero-order chi connectivity index (χ0) is 11.3. The lowest BCUT2D eigenvalue weighted by molar-refractivity contribution is 0.672. The van der Waals surface area contributed by atoms with Crippen LogP contribution in [0.5, 0.6) is 0 Å². The average molecular weight is 219 g/mol. The van der Waals surface area contributed by atoms with Gasteiger partial charge in [0.15, 0.2) is 0 Å². The number of nitrogens with zero attached hydrogens (tertiary/aromatic N) is 2. The molecule has 3 nitrogen and oxygen atoms in total. The Hall–Kier alpha value is -0.830. The first kappa shape index (κ1) is 10.3. The SMILES string of the molecule is CCc1nn(C)c(CC)c1[C@H]1[C@@H]2CNC[C@@H]21. The van der Waals surface area contributed by atoms with E-state index in [-0.39, 0.29) is 0 Å². The minimum absolute atomic E-state index is 0.819. The summed E-state index contributed by atoms with van der Waals surface area (Å²) in [7, 11) is 2.10. The van der Waals surface area contributed by atoms with E-state index in [4.69, 9.17) is 0 Å². The van der Waals surface area contributed by atoms with Crippen molar-refractivity contribution in [2.75, 3.05) is 13.1 Å². The summed E-state index contributed by atoms with van der Waals surface area (Å²) < 4.78 is 2.11. The summed E-state index contributed by atoms with van der Waals surface area (Å²) in [5.74, 6) is 2.62. The standard InChI is InChI=1S/C13H21N3/c1-4-10-13(11(5-2)16(3)15-10)12-8-6-14-7-9(8)12/h8-9,12,14H,4-7H2,1-3H3/t8-,9+,12+. The smallest absolute Gasteiger partial charge is 0.0659 e. The molecule has 0 spiro atoms. The van der Waals surface area contributed by atoms with Gasteiger partial charge in [0.2, 0.25) is 0 Å². The number of piperidine rings is 1. The molecule has 0 unspecified atom stereocenters. The third kappa shape index (κ3) is 1.27. The Morgan fingerprint density at radius 3 is 2.50 bits per heavy atom. The third-order valence-electron chi connectivity index (χ3n) is 4.38. The Morgan fingerprint density at radius 2 is 1.94 bits per heavy atom. The molecule has 1 aromatic heterocycles. The predicted octanol–water partition coefficient (Wildman–Crippen LogP) is 1.48. The van der Waals surface area contributed by atoms with Gasteiger partial charge in [-0.3, -0.25) is 4.68 Å². The zero-order valence-electron chi connectivity index (χ0n) is 10.5. The maximum absolute atomic E-state index is 4.68. The fraction of sp³-hybridized carbons (Fsp3) is 0.769. The van der Waals surface area contributed by atoms with Crippen LogP contribution in [0.15, 0.2) is 0 Å². The van der Waals surface area contributed by atoms with Crippen molar-refractivity contribution < 1.29 is 0 Å².